The highest BCUT2D eigenvalue weighted by Gasteiger charge is 2.58. The summed E-state index contributed by atoms with van der Waals surface area (Å²) in [5.74, 6) is -2.25. The second-order valence-corrected chi connectivity index (χ2v) is 17.4. The summed E-state index contributed by atoms with van der Waals surface area (Å²) in [6, 6.07) is -0.996. The molecule has 12 atom stereocenters. The van der Waals surface area contributed by atoms with Crippen molar-refractivity contribution in [3.63, 3.8) is 0 Å². The van der Waals surface area contributed by atoms with Crippen LogP contribution in [0.2, 0.25) is 0 Å². The van der Waals surface area contributed by atoms with Crippen LogP contribution in [0.4, 0.5) is 4.79 Å². The van der Waals surface area contributed by atoms with E-state index in [1.54, 1.807) is 22.9 Å². The van der Waals surface area contributed by atoms with Crippen molar-refractivity contribution < 1.29 is 44.6 Å². The lowest BCUT2D eigenvalue weighted by Gasteiger charge is -2.45. The summed E-state index contributed by atoms with van der Waals surface area (Å²) in [5, 5.41) is 26.2. The number of thiazole rings is 1. The van der Waals surface area contributed by atoms with Crippen LogP contribution in [0, 0.1) is 11.8 Å². The number of nitrogens with one attached hydrogen (secondary N) is 1. The molecule has 3 aliphatic heterocycles. The average molecular weight is 808 g/mol. The minimum Gasteiger partial charge on any atom is -0.458 e. The van der Waals surface area contributed by atoms with Crippen LogP contribution in [0.25, 0.3) is 10.7 Å². The molecule has 0 spiro atoms. The fourth-order valence-electron chi connectivity index (χ4n) is 8.57. The Morgan fingerprint density at radius 1 is 1.14 bits per heavy atom. The van der Waals surface area contributed by atoms with E-state index in [0.29, 0.717) is 45.3 Å². The molecule has 0 bridgehead atoms. The predicted molar refractivity (Wildman–Crippen MR) is 211 cm³/mol. The summed E-state index contributed by atoms with van der Waals surface area (Å²) in [6.07, 6.45) is 1.92. The van der Waals surface area contributed by atoms with E-state index < -0.39 is 65.6 Å². The number of hydrogen-bond acceptors (Lipinski definition) is 15. The number of ether oxygens (including phenoxy) is 5. The van der Waals surface area contributed by atoms with Crippen molar-refractivity contribution >= 4 is 29.2 Å². The quantitative estimate of drug-likeness (QED) is 0.188. The van der Waals surface area contributed by atoms with Crippen molar-refractivity contribution in [2.24, 2.45) is 11.8 Å². The van der Waals surface area contributed by atoms with E-state index in [1.165, 1.54) is 18.3 Å². The number of cyclic esters (lactones) is 1. The molecule has 17 heteroatoms. The Morgan fingerprint density at radius 3 is 2.54 bits per heavy atom. The van der Waals surface area contributed by atoms with Crippen LogP contribution in [-0.4, -0.2) is 147 Å². The third-order valence-electron chi connectivity index (χ3n) is 11.9. The highest BCUT2D eigenvalue weighted by Crippen LogP contribution is 2.39. The molecule has 3 saturated heterocycles. The molecule has 3 aliphatic rings. The Bertz CT molecular complexity index is 1620. The standard InChI is InChI=1S/C39H63N7O9S.H2/c1-11-30-39(7)33(46(37(50)55-39)16-13-12-15-45-22-27(42-43-45)34-40-14-17-56-34)26(5)41-21-23(2)20-38(6,51-10)31(19-29(47)25(4)35(49)53-30)54-36-32(48)28(44(8)9)18-24(3)52-36;/h14,17,22-26,28,30-33,36,41,48H,11-13,15-16,18-21H2,1-10H3;1H/t23-,24-,25-,26-,28?,30-,31-,32?,33-,36+,38+,39-;/m1./s1. The highest BCUT2D eigenvalue weighted by atomic mass is 32.1. The molecule has 2 aromatic rings. The number of likely N-dealkylation sites (N-methyl/N-ethyl adjacent to an activating group) is 1. The highest BCUT2D eigenvalue weighted by molar-refractivity contribution is 7.13. The van der Waals surface area contributed by atoms with E-state index >= 15 is 0 Å². The maximum absolute atomic E-state index is 14.0. The smallest absolute Gasteiger partial charge is 0.410 e. The number of nitrogens with zero attached hydrogens (tertiary/aromatic N) is 6. The van der Waals surface area contributed by atoms with Gasteiger partial charge in [0.05, 0.1) is 30.0 Å². The molecule has 2 unspecified atom stereocenters. The lowest BCUT2D eigenvalue weighted by atomic mass is 9.83. The van der Waals surface area contributed by atoms with E-state index in [4.69, 9.17) is 23.7 Å². The van der Waals surface area contributed by atoms with Crippen LogP contribution in [-0.2, 0) is 39.8 Å². The van der Waals surface area contributed by atoms with Gasteiger partial charge in [0.2, 0.25) is 0 Å². The van der Waals surface area contributed by atoms with Crippen molar-refractivity contribution in [1.29, 1.82) is 0 Å². The molecular weight excluding hydrogens is 743 g/mol. The summed E-state index contributed by atoms with van der Waals surface area (Å²) >= 11 is 1.50. The Hall–Kier alpha value is -3.06. The fourth-order valence-corrected chi connectivity index (χ4v) is 9.15. The van der Waals surface area contributed by atoms with Crippen LogP contribution < -0.4 is 5.32 Å². The second kappa shape index (κ2) is 18.7. The van der Waals surface area contributed by atoms with Crippen molar-refractivity contribution in [3.8, 4) is 10.7 Å². The zero-order valence-electron chi connectivity index (χ0n) is 34.7. The largest absolute Gasteiger partial charge is 0.458 e. The first-order chi connectivity index (χ1) is 26.5. The van der Waals surface area contributed by atoms with Crippen molar-refractivity contribution in [3.05, 3.63) is 17.8 Å². The molecule has 3 fully saturated rings. The van der Waals surface area contributed by atoms with Gasteiger partial charge in [0.25, 0.3) is 0 Å². The lowest BCUT2D eigenvalue weighted by Crippen LogP contribution is -2.61. The number of aliphatic hydroxyl groups is 1. The minimum absolute atomic E-state index is 0. The Morgan fingerprint density at radius 2 is 1.88 bits per heavy atom. The summed E-state index contributed by atoms with van der Waals surface area (Å²) in [7, 11) is 5.38. The monoisotopic (exact) mass is 807 g/mol. The topological polar surface area (TPSA) is 180 Å². The number of Topliss-reactive ketones (excluding diaryl/α,β-unsaturated/α-hetero) is 1. The number of ketones is 1. The molecule has 0 saturated carbocycles. The zero-order chi connectivity index (χ0) is 40.9. The normalized spacial score (nSPS) is 36.5. The van der Waals surface area contributed by atoms with E-state index in [2.05, 4.69) is 27.5 Å². The molecule has 56 heavy (non-hydrogen) atoms. The summed E-state index contributed by atoms with van der Waals surface area (Å²) in [5.41, 5.74) is -1.50. The average Bonchev–Trinajstić information content (AvgIpc) is 3.91. The number of unbranched alkanes of at least 4 members (excludes halogenated alkanes) is 1. The third-order valence-corrected chi connectivity index (χ3v) is 12.7. The summed E-state index contributed by atoms with van der Waals surface area (Å²) < 4.78 is 32.9. The molecule has 0 aliphatic carbocycles. The van der Waals surface area contributed by atoms with E-state index in [0.717, 1.165) is 17.1 Å². The number of hydrogen-bond donors (Lipinski definition) is 2. The van der Waals surface area contributed by atoms with Gasteiger partial charge in [-0.25, -0.2) is 9.78 Å². The number of aryl methyl sites for hydroxylation is 1. The van der Waals surface area contributed by atoms with Gasteiger partial charge < -0.3 is 39.0 Å². The van der Waals surface area contributed by atoms with Gasteiger partial charge in [-0.2, -0.15) is 0 Å². The van der Waals surface area contributed by atoms with Crippen molar-refractivity contribution in [1.82, 2.24) is 35.1 Å². The van der Waals surface area contributed by atoms with Gasteiger partial charge in [0.1, 0.15) is 34.6 Å². The van der Waals surface area contributed by atoms with Gasteiger partial charge in [0.15, 0.2) is 11.9 Å². The maximum atomic E-state index is 14.0. The molecule has 5 rings (SSSR count). The van der Waals surface area contributed by atoms with Crippen molar-refractivity contribution in [2.45, 2.75) is 154 Å². The van der Waals surface area contributed by atoms with Crippen LogP contribution in [0.3, 0.4) is 0 Å². The van der Waals surface area contributed by atoms with Crippen LogP contribution >= 0.6 is 11.3 Å². The number of esters is 1. The van der Waals surface area contributed by atoms with Gasteiger partial charge >= 0.3 is 12.1 Å². The maximum Gasteiger partial charge on any atom is 0.410 e. The first-order valence-corrected chi connectivity index (χ1v) is 20.9. The molecule has 0 aromatic carbocycles. The van der Waals surface area contributed by atoms with Crippen LogP contribution in [0.5, 0.6) is 0 Å². The molecular formula is C39H65N7O9S. The molecule has 16 nitrogen and oxygen atoms in total. The van der Waals surface area contributed by atoms with Crippen LogP contribution in [0.1, 0.15) is 88.4 Å². The Labute approximate surface area is 336 Å². The SMILES string of the molecule is CC[C@H]1OC(=O)[C@H](C)C(=O)C[C@@H](O[C@@H]2O[C@H](C)CC(N(C)C)C2O)[C@@](C)(OC)C[C@@H](C)CN[C@H](C)[C@H]2N(CCCCn3cc(-c4nccs4)nn3)C(=O)O[C@]12C.[HH]. The molecule has 1 amide bonds. The molecule has 2 N–H and O–H groups in total. The van der Waals surface area contributed by atoms with Gasteiger partial charge in [-0.3, -0.25) is 19.2 Å². The number of carbonyl (C=O) groups is 3. The third kappa shape index (κ3) is 9.79. The van der Waals surface area contributed by atoms with E-state index in [1.807, 2.05) is 65.2 Å². The lowest BCUT2D eigenvalue weighted by molar-refractivity contribution is -0.289. The zero-order valence-corrected chi connectivity index (χ0v) is 35.5. The van der Waals surface area contributed by atoms with Gasteiger partial charge in [-0.05, 0) is 93.3 Å². The molecule has 5 heterocycles. The van der Waals surface area contributed by atoms with Crippen molar-refractivity contribution in [2.75, 3.05) is 34.3 Å². The fraction of sp³-hybridized carbons (Fsp3) is 0.795. The number of rotatable bonds is 11. The number of aliphatic hydroxyl groups excluding tert-OH is 1. The summed E-state index contributed by atoms with van der Waals surface area (Å²) in [4.78, 5) is 49.6. The molecule has 316 valence electrons. The predicted octanol–water partition coefficient (Wildman–Crippen LogP) is 4.16. The van der Waals surface area contributed by atoms with Gasteiger partial charge in [0, 0.05) is 51.7 Å². The molecule has 2 aromatic heterocycles. The number of carbonyl (C=O) groups excluding carboxylic acids is 3. The van der Waals surface area contributed by atoms with E-state index in [-0.39, 0.29) is 32.0 Å². The Kier molecular flexibility index (Phi) is 14.7. The number of fused-ring (bicyclic) bond motifs is 1. The number of amides is 1. The first kappa shape index (κ1) is 44.1. The van der Waals surface area contributed by atoms with Crippen LogP contribution in [0.15, 0.2) is 17.8 Å². The second-order valence-electron chi connectivity index (χ2n) is 16.5. The van der Waals surface area contributed by atoms with Gasteiger partial charge in [-0.15, -0.1) is 16.4 Å². The Balaban J connectivity index is 0.00000720. The van der Waals surface area contributed by atoms with Gasteiger partial charge in [-0.1, -0.05) is 19.1 Å². The number of methoxy groups -OCH3 is 1. The van der Waals surface area contributed by atoms with E-state index in [9.17, 15) is 19.5 Å². The first-order valence-electron chi connectivity index (χ1n) is 20.0. The minimum atomic E-state index is -1.21. The number of aromatic nitrogens is 4. The molecule has 0 radical (unpaired) electrons. The summed E-state index contributed by atoms with van der Waals surface area (Å²) in [6.45, 7) is 14.7.